The van der Waals surface area contributed by atoms with Gasteiger partial charge in [0.05, 0.1) is 11.6 Å². The monoisotopic (exact) mass is 279 g/mol. The first-order valence-corrected chi connectivity index (χ1v) is 7.72. The smallest absolute Gasteiger partial charge is 0.0998 e. The Hall–Kier alpha value is -2.05. The van der Waals surface area contributed by atoms with E-state index in [9.17, 15) is 5.26 Å². The zero-order valence-electron chi connectivity index (χ0n) is 12.5. The van der Waals surface area contributed by atoms with Gasteiger partial charge in [-0.3, -0.25) is 4.90 Å². The van der Waals surface area contributed by atoms with Crippen LogP contribution in [-0.2, 0) is 0 Å². The third-order valence-electron chi connectivity index (χ3n) is 4.27. The van der Waals surface area contributed by atoms with Gasteiger partial charge in [-0.15, -0.1) is 0 Å². The van der Waals surface area contributed by atoms with E-state index in [1.54, 1.807) is 0 Å². The molecule has 21 heavy (non-hydrogen) atoms. The minimum absolute atomic E-state index is 0.763. The van der Waals surface area contributed by atoms with E-state index in [4.69, 9.17) is 0 Å². The molecule has 2 aromatic rings. The van der Waals surface area contributed by atoms with Gasteiger partial charge in [0.1, 0.15) is 0 Å². The van der Waals surface area contributed by atoms with Crippen LogP contribution in [0, 0.1) is 11.3 Å². The summed E-state index contributed by atoms with van der Waals surface area (Å²) in [5.41, 5.74) is 2.03. The summed E-state index contributed by atoms with van der Waals surface area (Å²) >= 11 is 0. The van der Waals surface area contributed by atoms with Crippen molar-refractivity contribution in [2.75, 3.05) is 37.6 Å². The summed E-state index contributed by atoms with van der Waals surface area (Å²) in [5.74, 6) is 0. The molecule has 0 saturated carbocycles. The summed E-state index contributed by atoms with van der Waals surface area (Å²) in [5, 5.41) is 11.5. The molecule has 0 N–H and O–H groups in total. The number of piperazine rings is 1. The van der Waals surface area contributed by atoms with E-state index in [0.29, 0.717) is 0 Å². The van der Waals surface area contributed by atoms with Gasteiger partial charge in [0, 0.05) is 42.6 Å². The molecule has 0 radical (unpaired) electrons. The maximum Gasteiger partial charge on any atom is 0.0998 e. The van der Waals surface area contributed by atoms with Crippen molar-refractivity contribution in [2.24, 2.45) is 0 Å². The van der Waals surface area contributed by atoms with Crippen LogP contribution in [0.4, 0.5) is 5.69 Å². The zero-order chi connectivity index (χ0) is 14.7. The van der Waals surface area contributed by atoms with Crippen LogP contribution in [0.25, 0.3) is 10.8 Å². The van der Waals surface area contributed by atoms with Crippen LogP contribution in [-0.4, -0.2) is 37.6 Å². The highest BCUT2D eigenvalue weighted by molar-refractivity contribution is 5.97. The SMILES string of the molecule is CCCN1CCN(c2ccc(C#N)c3ccccc23)CC1. The summed E-state index contributed by atoms with van der Waals surface area (Å²) in [4.78, 5) is 4.98. The fourth-order valence-electron chi connectivity index (χ4n) is 3.19. The Bertz CT molecular complexity index is 664. The minimum Gasteiger partial charge on any atom is -0.368 e. The van der Waals surface area contributed by atoms with Crippen LogP contribution in [0.15, 0.2) is 36.4 Å². The third kappa shape index (κ3) is 2.72. The second-order valence-electron chi connectivity index (χ2n) is 5.62. The molecule has 3 heteroatoms. The van der Waals surface area contributed by atoms with Gasteiger partial charge in [0.15, 0.2) is 0 Å². The van der Waals surface area contributed by atoms with E-state index in [0.717, 1.165) is 37.1 Å². The van der Waals surface area contributed by atoms with Crippen molar-refractivity contribution in [3.05, 3.63) is 42.0 Å². The molecule has 0 spiro atoms. The number of benzene rings is 2. The molecule has 3 nitrogen and oxygen atoms in total. The summed E-state index contributed by atoms with van der Waals surface area (Å²) in [6.45, 7) is 7.82. The molecule has 1 heterocycles. The van der Waals surface area contributed by atoms with Gasteiger partial charge in [-0.05, 0) is 25.1 Å². The topological polar surface area (TPSA) is 30.3 Å². The summed E-state index contributed by atoms with van der Waals surface area (Å²) < 4.78 is 0. The largest absolute Gasteiger partial charge is 0.368 e. The fraction of sp³-hybridized carbons (Fsp3) is 0.389. The third-order valence-corrected chi connectivity index (χ3v) is 4.27. The normalized spacial score (nSPS) is 16.1. The quantitative estimate of drug-likeness (QED) is 0.864. The van der Waals surface area contributed by atoms with Crippen molar-refractivity contribution in [3.8, 4) is 6.07 Å². The van der Waals surface area contributed by atoms with E-state index >= 15 is 0 Å². The first-order chi connectivity index (χ1) is 10.3. The van der Waals surface area contributed by atoms with Gasteiger partial charge in [-0.1, -0.05) is 31.2 Å². The molecule has 0 aromatic heterocycles. The second kappa shape index (κ2) is 6.15. The van der Waals surface area contributed by atoms with Crippen LogP contribution in [0.5, 0.6) is 0 Å². The van der Waals surface area contributed by atoms with Crippen LogP contribution in [0.1, 0.15) is 18.9 Å². The molecule has 3 rings (SSSR count). The maximum atomic E-state index is 9.26. The molecule has 1 aliphatic rings. The Morgan fingerprint density at radius 2 is 1.71 bits per heavy atom. The van der Waals surface area contributed by atoms with E-state index in [2.05, 4.69) is 41.0 Å². The number of nitrogens with zero attached hydrogens (tertiary/aromatic N) is 3. The summed E-state index contributed by atoms with van der Waals surface area (Å²) in [7, 11) is 0. The highest BCUT2D eigenvalue weighted by atomic mass is 15.3. The van der Waals surface area contributed by atoms with Crippen molar-refractivity contribution in [1.82, 2.24) is 4.90 Å². The Kier molecular flexibility index (Phi) is 4.08. The lowest BCUT2D eigenvalue weighted by Gasteiger charge is -2.36. The molecule has 0 amide bonds. The van der Waals surface area contributed by atoms with Crippen LogP contribution in [0.3, 0.4) is 0 Å². The lowest BCUT2D eigenvalue weighted by Crippen LogP contribution is -2.46. The Labute approximate surface area is 126 Å². The molecule has 1 aliphatic heterocycles. The Morgan fingerprint density at radius 3 is 2.38 bits per heavy atom. The molecule has 108 valence electrons. The van der Waals surface area contributed by atoms with Crippen molar-refractivity contribution in [3.63, 3.8) is 0 Å². The summed E-state index contributed by atoms with van der Waals surface area (Å²) in [6, 6.07) is 14.6. The first-order valence-electron chi connectivity index (χ1n) is 7.72. The number of anilines is 1. The Morgan fingerprint density at radius 1 is 1.00 bits per heavy atom. The predicted molar refractivity (Wildman–Crippen MR) is 87.6 cm³/mol. The minimum atomic E-state index is 0.763. The van der Waals surface area contributed by atoms with E-state index in [1.165, 1.54) is 24.0 Å². The molecule has 2 aromatic carbocycles. The van der Waals surface area contributed by atoms with Crippen LogP contribution in [0.2, 0.25) is 0 Å². The van der Waals surface area contributed by atoms with Gasteiger partial charge in [-0.2, -0.15) is 5.26 Å². The standard InChI is InChI=1S/C18H21N3/c1-2-9-20-10-12-21(13-11-20)18-8-7-15(14-19)16-5-3-4-6-17(16)18/h3-8H,2,9-13H2,1H3. The van der Waals surface area contributed by atoms with Gasteiger partial charge in [0.25, 0.3) is 0 Å². The van der Waals surface area contributed by atoms with Crippen molar-refractivity contribution in [2.45, 2.75) is 13.3 Å². The lowest BCUT2D eigenvalue weighted by atomic mass is 10.0. The average Bonchev–Trinajstić information content (AvgIpc) is 2.55. The highest BCUT2D eigenvalue weighted by Gasteiger charge is 2.18. The highest BCUT2D eigenvalue weighted by Crippen LogP contribution is 2.29. The fourth-order valence-corrected chi connectivity index (χ4v) is 3.19. The molecular weight excluding hydrogens is 258 g/mol. The number of hydrogen-bond donors (Lipinski definition) is 0. The molecule has 1 saturated heterocycles. The van der Waals surface area contributed by atoms with Gasteiger partial charge in [-0.25, -0.2) is 0 Å². The lowest BCUT2D eigenvalue weighted by molar-refractivity contribution is 0.258. The average molecular weight is 279 g/mol. The molecule has 0 unspecified atom stereocenters. The number of rotatable bonds is 3. The Balaban J connectivity index is 1.90. The zero-order valence-corrected chi connectivity index (χ0v) is 12.5. The van der Waals surface area contributed by atoms with Gasteiger partial charge in [0.2, 0.25) is 0 Å². The van der Waals surface area contributed by atoms with Crippen LogP contribution < -0.4 is 4.90 Å². The number of nitriles is 1. The predicted octanol–water partition coefficient (Wildman–Crippen LogP) is 3.24. The van der Waals surface area contributed by atoms with Crippen LogP contribution >= 0.6 is 0 Å². The van der Waals surface area contributed by atoms with E-state index in [-0.39, 0.29) is 0 Å². The number of fused-ring (bicyclic) bond motifs is 1. The van der Waals surface area contributed by atoms with Gasteiger partial charge < -0.3 is 4.90 Å². The molecular formula is C18H21N3. The molecule has 0 bridgehead atoms. The van der Waals surface area contributed by atoms with Gasteiger partial charge >= 0.3 is 0 Å². The second-order valence-corrected chi connectivity index (χ2v) is 5.62. The van der Waals surface area contributed by atoms with Crippen molar-refractivity contribution < 1.29 is 0 Å². The summed E-state index contributed by atoms with van der Waals surface area (Å²) in [6.07, 6.45) is 1.22. The van der Waals surface area contributed by atoms with E-state index in [1.807, 2.05) is 18.2 Å². The molecule has 1 fully saturated rings. The maximum absolute atomic E-state index is 9.26. The van der Waals surface area contributed by atoms with Crippen molar-refractivity contribution >= 4 is 16.5 Å². The van der Waals surface area contributed by atoms with E-state index < -0.39 is 0 Å². The molecule has 0 aliphatic carbocycles. The first kappa shape index (κ1) is 13.9. The van der Waals surface area contributed by atoms with Crippen molar-refractivity contribution in [1.29, 1.82) is 5.26 Å². The number of hydrogen-bond acceptors (Lipinski definition) is 3. The molecule has 0 atom stereocenters.